The van der Waals surface area contributed by atoms with E-state index in [1.165, 1.54) is 48.4 Å². The first-order valence-electron chi connectivity index (χ1n) is 7.35. The molecule has 0 aliphatic heterocycles. The molecule has 1 heterocycles. The fraction of sp³-hybridized carbons (Fsp3) is 0.750. The van der Waals surface area contributed by atoms with Gasteiger partial charge in [0.15, 0.2) is 0 Å². The first-order chi connectivity index (χ1) is 8.55. The summed E-state index contributed by atoms with van der Waals surface area (Å²) < 4.78 is 0. The van der Waals surface area contributed by atoms with Gasteiger partial charge in [-0.2, -0.15) is 0 Å². The molecule has 1 fully saturated rings. The lowest BCUT2D eigenvalue weighted by Crippen LogP contribution is -2.23. The first-order valence-corrected chi connectivity index (χ1v) is 8.17. The van der Waals surface area contributed by atoms with Gasteiger partial charge in [0.2, 0.25) is 0 Å². The molecular weight excluding hydrogens is 238 g/mol. The highest BCUT2D eigenvalue weighted by molar-refractivity contribution is 7.12. The van der Waals surface area contributed by atoms with Crippen molar-refractivity contribution in [1.29, 1.82) is 0 Å². The Morgan fingerprint density at radius 1 is 1.17 bits per heavy atom. The normalized spacial score (nSPS) is 18.2. The van der Waals surface area contributed by atoms with Crippen LogP contribution in [0.25, 0.3) is 0 Å². The van der Waals surface area contributed by atoms with Crippen molar-refractivity contribution >= 4 is 11.3 Å². The predicted molar refractivity (Wildman–Crippen MR) is 81.3 cm³/mol. The van der Waals surface area contributed by atoms with E-state index in [9.17, 15) is 0 Å². The molecule has 0 unspecified atom stereocenters. The van der Waals surface area contributed by atoms with Gasteiger partial charge in [-0.1, -0.05) is 40.0 Å². The molecule has 0 radical (unpaired) electrons. The third kappa shape index (κ3) is 4.10. The molecule has 2 rings (SSSR count). The maximum atomic E-state index is 3.65. The lowest BCUT2D eigenvalue weighted by Gasteiger charge is -2.21. The van der Waals surface area contributed by atoms with Crippen LogP contribution in [-0.4, -0.2) is 6.54 Å². The average Bonchev–Trinajstić information content (AvgIpc) is 2.79. The van der Waals surface area contributed by atoms with Crippen molar-refractivity contribution in [3.8, 4) is 0 Å². The Morgan fingerprint density at radius 3 is 2.50 bits per heavy atom. The summed E-state index contributed by atoms with van der Waals surface area (Å²) in [6.07, 6.45) is 7.21. The van der Waals surface area contributed by atoms with Gasteiger partial charge >= 0.3 is 0 Å². The molecule has 1 aromatic rings. The molecule has 0 atom stereocenters. The van der Waals surface area contributed by atoms with E-state index in [1.807, 2.05) is 11.3 Å². The zero-order valence-corrected chi connectivity index (χ0v) is 12.9. The monoisotopic (exact) mass is 265 g/mol. The molecule has 0 spiro atoms. The summed E-state index contributed by atoms with van der Waals surface area (Å²) >= 11 is 1.96. The van der Waals surface area contributed by atoms with Crippen molar-refractivity contribution in [3.05, 3.63) is 21.9 Å². The maximum Gasteiger partial charge on any atom is 0.0299 e. The SMILES string of the molecule is CC(C)(C)c1ccc(CNCC2CCCCC2)s1. The van der Waals surface area contributed by atoms with Crippen LogP contribution in [0.5, 0.6) is 0 Å². The van der Waals surface area contributed by atoms with E-state index in [2.05, 4.69) is 38.2 Å². The Hall–Kier alpha value is -0.340. The summed E-state index contributed by atoms with van der Waals surface area (Å²) in [6.45, 7) is 9.13. The summed E-state index contributed by atoms with van der Waals surface area (Å²) in [4.78, 5) is 2.98. The standard InChI is InChI=1S/C16H27NS/c1-16(2,3)15-10-9-14(18-15)12-17-11-13-7-5-4-6-8-13/h9-10,13,17H,4-8,11-12H2,1-3H3. The average molecular weight is 265 g/mol. The minimum atomic E-state index is 0.298. The van der Waals surface area contributed by atoms with E-state index in [0.29, 0.717) is 5.41 Å². The molecule has 0 saturated heterocycles. The second-order valence-electron chi connectivity index (χ2n) is 6.65. The van der Waals surface area contributed by atoms with Gasteiger partial charge in [-0.15, -0.1) is 11.3 Å². The molecule has 2 heteroatoms. The van der Waals surface area contributed by atoms with Crippen LogP contribution in [0, 0.1) is 5.92 Å². The fourth-order valence-electron chi connectivity index (χ4n) is 2.67. The Balaban J connectivity index is 1.74. The van der Waals surface area contributed by atoms with Gasteiger partial charge in [0.25, 0.3) is 0 Å². The van der Waals surface area contributed by atoms with E-state index in [4.69, 9.17) is 0 Å². The van der Waals surface area contributed by atoms with Crippen molar-refractivity contribution < 1.29 is 0 Å². The van der Waals surface area contributed by atoms with Gasteiger partial charge in [0.1, 0.15) is 0 Å². The van der Waals surface area contributed by atoms with Crippen molar-refractivity contribution in [2.75, 3.05) is 6.54 Å². The molecule has 0 amide bonds. The summed E-state index contributed by atoms with van der Waals surface area (Å²) in [6, 6.07) is 4.58. The molecule has 18 heavy (non-hydrogen) atoms. The van der Waals surface area contributed by atoms with Crippen molar-refractivity contribution in [2.24, 2.45) is 5.92 Å². The predicted octanol–water partition coefficient (Wildman–Crippen LogP) is 4.72. The highest BCUT2D eigenvalue weighted by atomic mass is 32.1. The van der Waals surface area contributed by atoms with Crippen LogP contribution >= 0.6 is 11.3 Å². The molecule has 1 N–H and O–H groups in total. The number of rotatable bonds is 4. The molecule has 102 valence electrons. The minimum absolute atomic E-state index is 0.298. The second kappa shape index (κ2) is 6.21. The van der Waals surface area contributed by atoms with E-state index >= 15 is 0 Å². The molecular formula is C16H27NS. The molecule has 0 aromatic carbocycles. The van der Waals surface area contributed by atoms with Crippen LogP contribution < -0.4 is 5.32 Å². The summed E-state index contributed by atoms with van der Waals surface area (Å²) in [5.74, 6) is 0.931. The smallest absolute Gasteiger partial charge is 0.0299 e. The van der Waals surface area contributed by atoms with Crippen LogP contribution in [0.15, 0.2) is 12.1 Å². The van der Waals surface area contributed by atoms with Crippen LogP contribution in [0.4, 0.5) is 0 Å². The van der Waals surface area contributed by atoms with Crippen LogP contribution in [0.2, 0.25) is 0 Å². The number of thiophene rings is 1. The molecule has 1 aliphatic rings. The molecule has 1 saturated carbocycles. The third-order valence-corrected chi connectivity index (χ3v) is 5.37. The van der Waals surface area contributed by atoms with Crippen LogP contribution in [-0.2, 0) is 12.0 Å². The number of nitrogens with one attached hydrogen (secondary N) is 1. The Labute approximate surface area is 116 Å². The fourth-order valence-corrected chi connectivity index (χ4v) is 3.70. The van der Waals surface area contributed by atoms with E-state index in [1.54, 1.807) is 0 Å². The lowest BCUT2D eigenvalue weighted by atomic mass is 9.89. The van der Waals surface area contributed by atoms with Gasteiger partial charge in [0.05, 0.1) is 0 Å². The zero-order valence-electron chi connectivity index (χ0n) is 12.1. The summed E-state index contributed by atoms with van der Waals surface area (Å²) in [5.41, 5.74) is 0.298. The van der Waals surface area contributed by atoms with E-state index in [0.717, 1.165) is 12.5 Å². The topological polar surface area (TPSA) is 12.0 Å². The third-order valence-electron chi connectivity index (χ3n) is 3.86. The zero-order chi connectivity index (χ0) is 13.0. The highest BCUT2D eigenvalue weighted by Gasteiger charge is 2.16. The Kier molecular flexibility index (Phi) is 4.85. The molecule has 1 aromatic heterocycles. The second-order valence-corrected chi connectivity index (χ2v) is 7.82. The van der Waals surface area contributed by atoms with Crippen LogP contribution in [0.3, 0.4) is 0 Å². The minimum Gasteiger partial charge on any atom is -0.312 e. The summed E-state index contributed by atoms with van der Waals surface area (Å²) in [7, 11) is 0. The Morgan fingerprint density at radius 2 is 1.89 bits per heavy atom. The van der Waals surface area contributed by atoms with Gasteiger partial charge in [-0.05, 0) is 42.9 Å². The lowest BCUT2D eigenvalue weighted by molar-refractivity contribution is 0.342. The number of hydrogen-bond acceptors (Lipinski definition) is 2. The van der Waals surface area contributed by atoms with E-state index in [-0.39, 0.29) is 0 Å². The van der Waals surface area contributed by atoms with Gasteiger partial charge < -0.3 is 5.32 Å². The van der Waals surface area contributed by atoms with Crippen molar-refractivity contribution in [1.82, 2.24) is 5.32 Å². The quantitative estimate of drug-likeness (QED) is 0.831. The van der Waals surface area contributed by atoms with E-state index < -0.39 is 0 Å². The van der Waals surface area contributed by atoms with Gasteiger partial charge in [0, 0.05) is 16.3 Å². The van der Waals surface area contributed by atoms with Crippen molar-refractivity contribution in [2.45, 2.75) is 64.8 Å². The van der Waals surface area contributed by atoms with Gasteiger partial charge in [-0.25, -0.2) is 0 Å². The molecule has 1 nitrogen and oxygen atoms in total. The highest BCUT2D eigenvalue weighted by Crippen LogP contribution is 2.29. The molecule has 1 aliphatic carbocycles. The number of hydrogen-bond donors (Lipinski definition) is 1. The Bertz CT molecular complexity index is 355. The van der Waals surface area contributed by atoms with Crippen molar-refractivity contribution in [3.63, 3.8) is 0 Å². The maximum absolute atomic E-state index is 3.65. The first kappa shape index (κ1) is 14.1. The van der Waals surface area contributed by atoms with Gasteiger partial charge in [-0.3, -0.25) is 0 Å². The summed E-state index contributed by atoms with van der Waals surface area (Å²) in [5, 5.41) is 3.65. The van der Waals surface area contributed by atoms with Crippen LogP contribution in [0.1, 0.15) is 62.6 Å². The largest absolute Gasteiger partial charge is 0.312 e. The molecule has 0 bridgehead atoms.